The van der Waals surface area contributed by atoms with Gasteiger partial charge in [0.15, 0.2) is 5.82 Å². The maximum Gasteiger partial charge on any atom is 0.342 e. The molecule has 0 aliphatic rings. The Morgan fingerprint density at radius 2 is 2.05 bits per heavy atom. The molecule has 0 spiro atoms. The van der Waals surface area contributed by atoms with E-state index in [9.17, 15) is 9.59 Å². The number of hydrogen-bond donors (Lipinski definition) is 0. The summed E-state index contributed by atoms with van der Waals surface area (Å²) in [5.74, 6) is -0.804. The van der Waals surface area contributed by atoms with Gasteiger partial charge in [-0.3, -0.25) is 0 Å². The van der Waals surface area contributed by atoms with Crippen LogP contribution < -0.4 is 0 Å². The van der Waals surface area contributed by atoms with E-state index in [4.69, 9.17) is 9.47 Å². The van der Waals surface area contributed by atoms with E-state index in [0.29, 0.717) is 12.2 Å². The van der Waals surface area contributed by atoms with Crippen LogP contribution in [0.2, 0.25) is 0 Å². The first-order valence-electron chi connectivity index (χ1n) is 6.11. The fourth-order valence-electron chi connectivity index (χ4n) is 1.40. The van der Waals surface area contributed by atoms with Gasteiger partial charge in [0.05, 0.1) is 13.2 Å². The predicted octanol–water partition coefficient (Wildman–Crippen LogP) is 2.17. The van der Waals surface area contributed by atoms with E-state index >= 15 is 0 Å². The fourth-order valence-corrected chi connectivity index (χ4v) is 1.40. The van der Waals surface area contributed by atoms with Crippen molar-refractivity contribution in [1.82, 2.24) is 4.98 Å². The van der Waals surface area contributed by atoms with Crippen LogP contribution in [-0.2, 0) is 14.3 Å². The van der Waals surface area contributed by atoms with Crippen molar-refractivity contribution in [1.29, 1.82) is 0 Å². The molecule has 6 nitrogen and oxygen atoms in total. The molecular weight excluding hydrogens is 260 g/mol. The lowest BCUT2D eigenvalue weighted by Crippen LogP contribution is -2.06. The van der Waals surface area contributed by atoms with Crippen LogP contribution in [0.3, 0.4) is 0 Å². The number of pyridine rings is 1. The molecule has 0 fully saturated rings. The quantitative estimate of drug-likeness (QED) is 0.452. The second-order valence-corrected chi connectivity index (χ2v) is 3.60. The molecule has 0 saturated carbocycles. The molecule has 0 aliphatic carbocycles. The highest BCUT2D eigenvalue weighted by atomic mass is 16.5. The van der Waals surface area contributed by atoms with Gasteiger partial charge in [-0.25, -0.2) is 19.6 Å². The molecule has 0 atom stereocenters. The van der Waals surface area contributed by atoms with Gasteiger partial charge >= 0.3 is 11.9 Å². The minimum absolute atomic E-state index is 0.191. The number of aliphatic imine (C=N–C) groups is 1. The maximum absolute atomic E-state index is 11.8. The van der Waals surface area contributed by atoms with E-state index in [-0.39, 0.29) is 18.0 Å². The molecule has 0 amide bonds. The zero-order valence-corrected chi connectivity index (χ0v) is 11.5. The number of aromatic nitrogens is 1. The summed E-state index contributed by atoms with van der Waals surface area (Å²) in [4.78, 5) is 30.6. The smallest absolute Gasteiger partial charge is 0.342 e. The molecule has 1 aromatic rings. The third-order valence-corrected chi connectivity index (χ3v) is 2.23. The molecule has 1 aromatic heterocycles. The minimum Gasteiger partial charge on any atom is -0.463 e. The van der Waals surface area contributed by atoms with Gasteiger partial charge in [-0.05, 0) is 38.3 Å². The lowest BCUT2D eigenvalue weighted by Gasteiger charge is -2.05. The van der Waals surface area contributed by atoms with Crippen LogP contribution in [0.4, 0.5) is 5.82 Å². The van der Waals surface area contributed by atoms with Crippen LogP contribution in [0.15, 0.2) is 23.3 Å². The molecule has 0 N–H and O–H groups in total. The summed E-state index contributed by atoms with van der Waals surface area (Å²) in [5, 5.41) is 0. The standard InChI is InChI=1S/C14H16N2O4/c1-4-19-12(17)7-6-10-8-11(14(18)20-5-2)13(15-3)16-9-10/h6-9H,3-5H2,1-2H3/b7-6+. The lowest BCUT2D eigenvalue weighted by atomic mass is 10.1. The Morgan fingerprint density at radius 3 is 2.65 bits per heavy atom. The number of hydrogen-bond acceptors (Lipinski definition) is 6. The summed E-state index contributed by atoms with van der Waals surface area (Å²) in [7, 11) is 0. The Labute approximate surface area is 117 Å². The van der Waals surface area contributed by atoms with Gasteiger partial charge in [-0.15, -0.1) is 0 Å². The monoisotopic (exact) mass is 276 g/mol. The number of carbonyl (C=O) groups is 2. The molecule has 6 heteroatoms. The summed E-state index contributed by atoms with van der Waals surface area (Å²) >= 11 is 0. The normalized spacial score (nSPS) is 10.3. The van der Waals surface area contributed by atoms with Crippen molar-refractivity contribution < 1.29 is 19.1 Å². The molecule has 0 aliphatic heterocycles. The number of ether oxygens (including phenoxy) is 2. The Bertz CT molecular complexity index is 538. The largest absolute Gasteiger partial charge is 0.463 e. The minimum atomic E-state index is -0.534. The van der Waals surface area contributed by atoms with Crippen molar-refractivity contribution in [3.63, 3.8) is 0 Å². The van der Waals surface area contributed by atoms with Gasteiger partial charge in [0, 0.05) is 12.3 Å². The van der Waals surface area contributed by atoms with Crippen LogP contribution in [-0.4, -0.2) is 36.9 Å². The van der Waals surface area contributed by atoms with Gasteiger partial charge in [0.25, 0.3) is 0 Å². The third-order valence-electron chi connectivity index (χ3n) is 2.23. The van der Waals surface area contributed by atoms with Gasteiger partial charge < -0.3 is 9.47 Å². The molecule has 106 valence electrons. The maximum atomic E-state index is 11.8. The van der Waals surface area contributed by atoms with Crippen LogP contribution in [0.1, 0.15) is 29.8 Å². The summed E-state index contributed by atoms with van der Waals surface area (Å²) in [6.07, 6.45) is 4.24. The Balaban J connectivity index is 3.00. The molecule has 0 aromatic carbocycles. The van der Waals surface area contributed by atoms with Crippen molar-refractivity contribution in [2.75, 3.05) is 13.2 Å². The zero-order valence-electron chi connectivity index (χ0n) is 11.5. The predicted molar refractivity (Wildman–Crippen MR) is 75.1 cm³/mol. The third kappa shape index (κ3) is 4.31. The highest BCUT2D eigenvalue weighted by molar-refractivity contribution is 5.95. The lowest BCUT2D eigenvalue weighted by molar-refractivity contribution is -0.137. The van der Waals surface area contributed by atoms with E-state index in [1.165, 1.54) is 24.4 Å². The molecule has 0 bridgehead atoms. The molecular formula is C14H16N2O4. The van der Waals surface area contributed by atoms with E-state index in [1.807, 2.05) is 0 Å². The summed E-state index contributed by atoms with van der Waals surface area (Å²) < 4.78 is 9.67. The Morgan fingerprint density at radius 1 is 1.35 bits per heavy atom. The van der Waals surface area contributed by atoms with Gasteiger partial charge in [-0.2, -0.15) is 0 Å². The molecule has 1 rings (SSSR count). The SMILES string of the molecule is C=Nc1ncc(/C=C/C(=O)OCC)cc1C(=O)OCC. The van der Waals surface area contributed by atoms with E-state index in [1.54, 1.807) is 13.8 Å². The summed E-state index contributed by atoms with van der Waals surface area (Å²) in [6.45, 7) is 7.32. The first-order chi connectivity index (χ1) is 9.62. The van der Waals surface area contributed by atoms with Gasteiger partial charge in [0.1, 0.15) is 5.56 Å². The summed E-state index contributed by atoms with van der Waals surface area (Å²) in [5.41, 5.74) is 0.765. The molecule has 0 radical (unpaired) electrons. The number of nitrogens with zero attached hydrogens (tertiary/aromatic N) is 2. The molecule has 1 heterocycles. The van der Waals surface area contributed by atoms with Gasteiger partial charge in [0.2, 0.25) is 0 Å². The van der Waals surface area contributed by atoms with Crippen molar-refractivity contribution in [2.45, 2.75) is 13.8 Å². The van der Waals surface area contributed by atoms with Crippen LogP contribution >= 0.6 is 0 Å². The average Bonchev–Trinajstić information content (AvgIpc) is 2.45. The zero-order chi connectivity index (χ0) is 15.0. The second-order valence-electron chi connectivity index (χ2n) is 3.60. The number of carbonyl (C=O) groups excluding carboxylic acids is 2. The van der Waals surface area contributed by atoms with Crippen molar-refractivity contribution in [3.05, 3.63) is 29.5 Å². The number of esters is 2. The van der Waals surface area contributed by atoms with Crippen LogP contribution in [0.5, 0.6) is 0 Å². The van der Waals surface area contributed by atoms with Crippen molar-refractivity contribution >= 4 is 30.6 Å². The van der Waals surface area contributed by atoms with Crippen LogP contribution in [0.25, 0.3) is 6.08 Å². The molecule has 20 heavy (non-hydrogen) atoms. The highest BCUT2D eigenvalue weighted by Crippen LogP contribution is 2.18. The second kappa shape index (κ2) is 7.83. The molecule has 0 saturated heterocycles. The summed E-state index contributed by atoms with van der Waals surface area (Å²) in [6, 6.07) is 1.53. The number of rotatable bonds is 6. The van der Waals surface area contributed by atoms with Crippen LogP contribution in [0, 0.1) is 0 Å². The first-order valence-corrected chi connectivity index (χ1v) is 6.11. The van der Waals surface area contributed by atoms with E-state index < -0.39 is 11.9 Å². The highest BCUT2D eigenvalue weighted by Gasteiger charge is 2.13. The molecule has 0 unspecified atom stereocenters. The van der Waals surface area contributed by atoms with E-state index in [0.717, 1.165) is 0 Å². The topological polar surface area (TPSA) is 77.9 Å². The fraction of sp³-hybridized carbons (Fsp3) is 0.286. The Hall–Kier alpha value is -2.50. The average molecular weight is 276 g/mol. The van der Waals surface area contributed by atoms with Crippen molar-refractivity contribution in [3.8, 4) is 0 Å². The van der Waals surface area contributed by atoms with Crippen molar-refractivity contribution in [2.24, 2.45) is 4.99 Å². The Kier molecular flexibility index (Phi) is 6.09. The van der Waals surface area contributed by atoms with E-state index in [2.05, 4.69) is 16.7 Å². The van der Waals surface area contributed by atoms with Gasteiger partial charge in [-0.1, -0.05) is 0 Å². The first kappa shape index (κ1) is 15.6.